The van der Waals surface area contributed by atoms with Gasteiger partial charge in [0.05, 0.1) is 12.7 Å². The van der Waals surface area contributed by atoms with Crippen molar-refractivity contribution in [3.63, 3.8) is 0 Å². The number of hydrogen-bond acceptors (Lipinski definition) is 4. The molecule has 1 aromatic rings. The molecule has 0 saturated heterocycles. The van der Waals surface area contributed by atoms with E-state index in [-0.39, 0.29) is 0 Å². The molecule has 0 atom stereocenters. The minimum absolute atomic E-state index is 0.421. The zero-order valence-electron chi connectivity index (χ0n) is 10.7. The molecule has 0 aliphatic carbocycles. The normalized spacial score (nSPS) is 9.95. The van der Waals surface area contributed by atoms with Crippen LogP contribution in [0.1, 0.15) is 12.8 Å². The maximum Gasteiger partial charge on any atom is 0.328 e. The highest BCUT2D eigenvalue weighted by Gasteiger charge is 2.01. The van der Waals surface area contributed by atoms with E-state index in [9.17, 15) is 9.59 Å². The molecule has 0 unspecified atom stereocenters. The summed E-state index contributed by atoms with van der Waals surface area (Å²) in [6, 6.07) is 8.74. The van der Waals surface area contributed by atoms with Crippen LogP contribution in [-0.4, -0.2) is 23.6 Å². The maximum absolute atomic E-state index is 11.4. The van der Waals surface area contributed by atoms with E-state index in [1.165, 1.54) is 0 Å². The molecule has 0 aliphatic rings. The highest BCUT2D eigenvalue weighted by atomic mass is 16.5. The van der Waals surface area contributed by atoms with Crippen LogP contribution in [0.25, 0.3) is 0 Å². The first-order valence-corrected chi connectivity index (χ1v) is 5.93. The van der Waals surface area contributed by atoms with Gasteiger partial charge in [0, 0.05) is 30.3 Å². The lowest BCUT2D eigenvalue weighted by molar-refractivity contribution is -0.131. The van der Waals surface area contributed by atoms with E-state index in [4.69, 9.17) is 15.1 Å². The zero-order valence-corrected chi connectivity index (χ0v) is 10.7. The number of rotatable bonds is 7. The number of amides is 1. The summed E-state index contributed by atoms with van der Waals surface area (Å²) in [7, 11) is 0. The molecule has 0 heterocycles. The van der Waals surface area contributed by atoms with E-state index in [0.29, 0.717) is 30.9 Å². The molecule has 0 spiro atoms. The molecule has 104 valence electrons. The molecule has 6 nitrogen and oxygen atoms in total. The van der Waals surface area contributed by atoms with Crippen molar-refractivity contribution in [2.75, 3.05) is 11.9 Å². The topological polar surface area (TPSA) is 99.4 Å². The highest BCUT2D eigenvalue weighted by Crippen LogP contribution is 2.17. The standard InChI is InChI=1S/C14H14N2O4/c15-8-1-2-9-20-12-5-3-4-11(10-12)16-13(17)6-7-14(18)19/h3-7,10H,1-2,9H2,(H,16,17)(H,18,19)/b7-6+. The Morgan fingerprint density at radius 3 is 2.90 bits per heavy atom. The molecule has 1 aromatic carbocycles. The minimum Gasteiger partial charge on any atom is -0.493 e. The summed E-state index contributed by atoms with van der Waals surface area (Å²) in [5, 5.41) is 19.3. The largest absolute Gasteiger partial charge is 0.493 e. The molecule has 1 rings (SSSR count). The number of carbonyl (C=O) groups excluding carboxylic acids is 1. The minimum atomic E-state index is -1.19. The summed E-state index contributed by atoms with van der Waals surface area (Å²) in [4.78, 5) is 21.7. The average molecular weight is 274 g/mol. The SMILES string of the molecule is N#CCCCOc1cccc(NC(=O)/C=C/C(=O)O)c1. The van der Waals surface area contributed by atoms with E-state index in [1.807, 2.05) is 6.07 Å². The van der Waals surface area contributed by atoms with Crippen LogP contribution in [0.4, 0.5) is 5.69 Å². The Hall–Kier alpha value is -2.81. The molecule has 0 aliphatic heterocycles. The number of carbonyl (C=O) groups is 2. The molecular formula is C14H14N2O4. The number of unbranched alkanes of at least 4 members (excludes halogenated alkanes) is 1. The number of carboxylic acids is 1. The highest BCUT2D eigenvalue weighted by molar-refractivity contribution is 6.02. The third-order valence-electron chi connectivity index (χ3n) is 2.18. The Labute approximate surface area is 116 Å². The lowest BCUT2D eigenvalue weighted by Gasteiger charge is -2.07. The van der Waals surface area contributed by atoms with Crippen LogP contribution in [0, 0.1) is 11.3 Å². The van der Waals surface area contributed by atoms with Gasteiger partial charge in [-0.15, -0.1) is 0 Å². The lowest BCUT2D eigenvalue weighted by atomic mass is 10.3. The van der Waals surface area contributed by atoms with Gasteiger partial charge in [0.1, 0.15) is 5.75 Å². The van der Waals surface area contributed by atoms with E-state index in [1.54, 1.807) is 24.3 Å². The molecule has 0 radical (unpaired) electrons. The molecule has 1 amide bonds. The van der Waals surface area contributed by atoms with Gasteiger partial charge in [0.2, 0.25) is 5.91 Å². The fraction of sp³-hybridized carbons (Fsp3) is 0.214. The number of aliphatic carboxylic acids is 1. The van der Waals surface area contributed by atoms with Crippen LogP contribution < -0.4 is 10.1 Å². The van der Waals surface area contributed by atoms with Gasteiger partial charge in [-0.2, -0.15) is 5.26 Å². The fourth-order valence-corrected chi connectivity index (χ4v) is 1.34. The predicted molar refractivity (Wildman–Crippen MR) is 72.2 cm³/mol. The molecule has 0 saturated carbocycles. The first kappa shape index (κ1) is 15.2. The van der Waals surface area contributed by atoms with Gasteiger partial charge in [0.15, 0.2) is 0 Å². The third kappa shape index (κ3) is 6.21. The van der Waals surface area contributed by atoms with Crippen LogP contribution in [0.15, 0.2) is 36.4 Å². The Balaban J connectivity index is 2.53. The monoisotopic (exact) mass is 274 g/mol. The van der Waals surface area contributed by atoms with Gasteiger partial charge >= 0.3 is 5.97 Å². The number of carboxylic acid groups (broad SMARTS) is 1. The maximum atomic E-state index is 11.4. The second kappa shape index (κ2) is 8.32. The van der Waals surface area contributed by atoms with Crippen LogP contribution in [0.3, 0.4) is 0 Å². The van der Waals surface area contributed by atoms with Crippen LogP contribution in [-0.2, 0) is 9.59 Å². The van der Waals surface area contributed by atoms with Gasteiger partial charge in [-0.25, -0.2) is 4.79 Å². The molecule has 0 fully saturated rings. The first-order valence-electron chi connectivity index (χ1n) is 5.93. The summed E-state index contributed by atoms with van der Waals surface area (Å²) in [6.45, 7) is 0.421. The number of ether oxygens (including phenoxy) is 1. The van der Waals surface area contributed by atoms with Crippen LogP contribution in [0.2, 0.25) is 0 Å². The number of hydrogen-bond donors (Lipinski definition) is 2. The van der Waals surface area contributed by atoms with Crippen molar-refractivity contribution in [2.45, 2.75) is 12.8 Å². The number of nitrogens with zero attached hydrogens (tertiary/aromatic N) is 1. The van der Waals surface area contributed by atoms with E-state index < -0.39 is 11.9 Å². The van der Waals surface area contributed by atoms with Crippen LogP contribution in [0.5, 0.6) is 5.75 Å². The molecule has 0 bridgehead atoms. The van der Waals surface area contributed by atoms with Crippen molar-refractivity contribution in [2.24, 2.45) is 0 Å². The van der Waals surface area contributed by atoms with Crippen molar-refractivity contribution >= 4 is 17.6 Å². The first-order chi connectivity index (χ1) is 9.61. The van der Waals surface area contributed by atoms with Crippen molar-refractivity contribution in [1.29, 1.82) is 5.26 Å². The Morgan fingerprint density at radius 1 is 1.40 bits per heavy atom. The second-order valence-electron chi connectivity index (χ2n) is 3.80. The van der Waals surface area contributed by atoms with Crippen molar-refractivity contribution in [3.05, 3.63) is 36.4 Å². The summed E-state index contributed by atoms with van der Waals surface area (Å²) in [6.07, 6.45) is 2.76. The smallest absolute Gasteiger partial charge is 0.328 e. The van der Waals surface area contributed by atoms with E-state index in [0.717, 1.165) is 12.2 Å². The van der Waals surface area contributed by atoms with Crippen molar-refractivity contribution in [3.8, 4) is 11.8 Å². The van der Waals surface area contributed by atoms with E-state index in [2.05, 4.69) is 5.32 Å². The van der Waals surface area contributed by atoms with E-state index >= 15 is 0 Å². The number of nitriles is 1. The molecule has 0 aromatic heterocycles. The zero-order chi connectivity index (χ0) is 14.8. The Kier molecular flexibility index (Phi) is 6.34. The third-order valence-corrected chi connectivity index (χ3v) is 2.18. The van der Waals surface area contributed by atoms with Gasteiger partial charge in [-0.1, -0.05) is 6.07 Å². The lowest BCUT2D eigenvalue weighted by Crippen LogP contribution is -2.08. The summed E-state index contributed by atoms with van der Waals surface area (Å²) < 4.78 is 5.41. The molecule has 6 heteroatoms. The Morgan fingerprint density at radius 2 is 2.20 bits per heavy atom. The van der Waals surface area contributed by atoms with Gasteiger partial charge in [0.25, 0.3) is 0 Å². The van der Waals surface area contributed by atoms with Gasteiger partial charge in [-0.3, -0.25) is 4.79 Å². The number of benzene rings is 1. The molecule has 20 heavy (non-hydrogen) atoms. The van der Waals surface area contributed by atoms with Gasteiger partial charge < -0.3 is 15.2 Å². The van der Waals surface area contributed by atoms with Crippen molar-refractivity contribution < 1.29 is 19.4 Å². The Bertz CT molecular complexity index is 546. The van der Waals surface area contributed by atoms with Crippen LogP contribution >= 0.6 is 0 Å². The average Bonchev–Trinajstić information content (AvgIpc) is 2.42. The number of nitrogens with one attached hydrogen (secondary N) is 1. The predicted octanol–water partition coefficient (Wildman–Crippen LogP) is 1.95. The van der Waals surface area contributed by atoms with Crippen molar-refractivity contribution in [1.82, 2.24) is 0 Å². The summed E-state index contributed by atoms with van der Waals surface area (Å²) in [5.41, 5.74) is 0.503. The fourth-order valence-electron chi connectivity index (χ4n) is 1.34. The molecule has 2 N–H and O–H groups in total. The van der Waals surface area contributed by atoms with Gasteiger partial charge in [-0.05, 0) is 18.6 Å². The number of anilines is 1. The quantitative estimate of drug-likeness (QED) is 0.584. The second-order valence-corrected chi connectivity index (χ2v) is 3.80. The molecular weight excluding hydrogens is 260 g/mol. The summed E-state index contributed by atoms with van der Waals surface area (Å²) >= 11 is 0. The summed E-state index contributed by atoms with van der Waals surface area (Å²) in [5.74, 6) is -1.15.